The van der Waals surface area contributed by atoms with E-state index in [1.165, 1.54) is 6.07 Å². The van der Waals surface area contributed by atoms with Gasteiger partial charge in [0.2, 0.25) is 0 Å². The van der Waals surface area contributed by atoms with Crippen LogP contribution in [0.4, 0.5) is 13.2 Å². The van der Waals surface area contributed by atoms with E-state index in [-0.39, 0.29) is 5.69 Å². The van der Waals surface area contributed by atoms with Crippen LogP contribution in [0.2, 0.25) is 0 Å². The summed E-state index contributed by atoms with van der Waals surface area (Å²) in [6, 6.07) is 4.70. The lowest BCUT2D eigenvalue weighted by atomic mass is 10.1. The van der Waals surface area contributed by atoms with E-state index < -0.39 is 12.6 Å². The standard InChI is InChI=1S/C11H7BrF3NO/c12-9-2-1-6-3-7(4-11(13,14)15)16-10(6)8(9)5-17/h1-3,5,16H,4H2. The third kappa shape index (κ3) is 2.52. The molecule has 0 unspecified atom stereocenters. The smallest absolute Gasteiger partial charge is 0.357 e. The van der Waals surface area contributed by atoms with E-state index in [1.54, 1.807) is 12.1 Å². The predicted octanol–water partition coefficient (Wildman–Crippen LogP) is 3.85. The summed E-state index contributed by atoms with van der Waals surface area (Å²) >= 11 is 3.17. The number of hydrogen-bond acceptors (Lipinski definition) is 1. The van der Waals surface area contributed by atoms with Gasteiger partial charge in [0, 0.05) is 15.6 Å². The van der Waals surface area contributed by atoms with Crippen molar-refractivity contribution in [2.75, 3.05) is 0 Å². The van der Waals surface area contributed by atoms with Gasteiger partial charge in [0.25, 0.3) is 0 Å². The van der Waals surface area contributed by atoms with Gasteiger partial charge >= 0.3 is 6.18 Å². The topological polar surface area (TPSA) is 32.9 Å². The molecule has 0 aliphatic rings. The lowest BCUT2D eigenvalue weighted by Crippen LogP contribution is -2.11. The zero-order chi connectivity index (χ0) is 12.6. The van der Waals surface area contributed by atoms with Gasteiger partial charge < -0.3 is 4.98 Å². The number of halogens is 4. The van der Waals surface area contributed by atoms with E-state index in [0.29, 0.717) is 27.2 Å². The maximum Gasteiger partial charge on any atom is 0.394 e. The lowest BCUT2D eigenvalue weighted by molar-refractivity contribution is -0.127. The first-order valence-corrected chi connectivity index (χ1v) is 5.52. The highest BCUT2D eigenvalue weighted by atomic mass is 79.9. The molecule has 0 saturated heterocycles. The van der Waals surface area contributed by atoms with Crippen molar-refractivity contribution in [3.8, 4) is 0 Å². The summed E-state index contributed by atoms with van der Waals surface area (Å²) in [5.74, 6) is 0. The summed E-state index contributed by atoms with van der Waals surface area (Å²) < 4.78 is 37.3. The van der Waals surface area contributed by atoms with Gasteiger partial charge in [-0.3, -0.25) is 4.79 Å². The Balaban J connectivity index is 2.54. The summed E-state index contributed by atoms with van der Waals surface area (Å²) in [5, 5.41) is 0.592. The Morgan fingerprint density at radius 3 is 2.65 bits per heavy atom. The number of alkyl halides is 3. The Kier molecular flexibility index (Phi) is 2.99. The molecule has 0 aliphatic carbocycles. The fraction of sp³-hybridized carbons (Fsp3) is 0.182. The number of aldehydes is 1. The summed E-state index contributed by atoms with van der Waals surface area (Å²) in [7, 11) is 0. The molecule has 0 atom stereocenters. The fourth-order valence-electron chi connectivity index (χ4n) is 1.68. The summed E-state index contributed by atoms with van der Waals surface area (Å²) in [6.45, 7) is 0. The van der Waals surface area contributed by atoms with Crippen LogP contribution in [0.15, 0.2) is 22.7 Å². The first-order valence-electron chi connectivity index (χ1n) is 4.73. The molecule has 1 heterocycles. The molecule has 2 rings (SSSR count). The normalized spacial score (nSPS) is 12.0. The van der Waals surface area contributed by atoms with Crippen LogP contribution in [-0.2, 0) is 6.42 Å². The molecule has 0 spiro atoms. The number of aromatic amines is 1. The van der Waals surface area contributed by atoms with E-state index in [1.807, 2.05) is 0 Å². The molecular formula is C11H7BrF3NO. The molecule has 0 aliphatic heterocycles. The number of hydrogen-bond donors (Lipinski definition) is 1. The second-order valence-corrected chi connectivity index (χ2v) is 4.48. The molecule has 17 heavy (non-hydrogen) atoms. The molecule has 0 fully saturated rings. The summed E-state index contributed by atoms with van der Waals surface area (Å²) in [4.78, 5) is 13.5. The third-order valence-electron chi connectivity index (χ3n) is 2.35. The van der Waals surface area contributed by atoms with E-state index >= 15 is 0 Å². The van der Waals surface area contributed by atoms with Crippen molar-refractivity contribution in [1.82, 2.24) is 4.98 Å². The second-order valence-electron chi connectivity index (χ2n) is 3.63. The number of benzene rings is 1. The number of aromatic nitrogens is 1. The highest BCUT2D eigenvalue weighted by Crippen LogP contribution is 2.28. The predicted molar refractivity (Wildman–Crippen MR) is 61.1 cm³/mol. The molecule has 0 radical (unpaired) electrons. The molecule has 2 nitrogen and oxygen atoms in total. The summed E-state index contributed by atoms with van der Waals surface area (Å²) in [6.07, 6.45) is -4.68. The quantitative estimate of drug-likeness (QED) is 0.840. The van der Waals surface area contributed by atoms with Crippen molar-refractivity contribution < 1.29 is 18.0 Å². The van der Waals surface area contributed by atoms with Crippen LogP contribution in [-0.4, -0.2) is 17.4 Å². The van der Waals surface area contributed by atoms with Gasteiger partial charge in [-0.2, -0.15) is 13.2 Å². The van der Waals surface area contributed by atoms with Crippen LogP contribution in [0.25, 0.3) is 10.9 Å². The van der Waals surface area contributed by atoms with Crippen LogP contribution in [0.5, 0.6) is 0 Å². The van der Waals surface area contributed by atoms with E-state index in [2.05, 4.69) is 20.9 Å². The Morgan fingerprint density at radius 2 is 2.06 bits per heavy atom. The molecule has 90 valence electrons. The lowest BCUT2D eigenvalue weighted by Gasteiger charge is -2.02. The van der Waals surface area contributed by atoms with E-state index in [0.717, 1.165) is 0 Å². The van der Waals surface area contributed by atoms with Crippen LogP contribution >= 0.6 is 15.9 Å². The van der Waals surface area contributed by atoms with Gasteiger partial charge in [-0.25, -0.2) is 0 Å². The fourth-order valence-corrected chi connectivity index (χ4v) is 2.11. The number of carbonyl (C=O) groups excluding carboxylic acids is 1. The maximum atomic E-state index is 12.2. The Morgan fingerprint density at radius 1 is 1.35 bits per heavy atom. The first-order chi connectivity index (χ1) is 7.90. The van der Waals surface area contributed by atoms with Crippen LogP contribution < -0.4 is 0 Å². The average Bonchev–Trinajstić information content (AvgIpc) is 2.57. The highest BCUT2D eigenvalue weighted by Gasteiger charge is 2.28. The number of fused-ring (bicyclic) bond motifs is 1. The van der Waals surface area contributed by atoms with Gasteiger partial charge in [-0.15, -0.1) is 0 Å². The molecule has 2 aromatic rings. The largest absolute Gasteiger partial charge is 0.394 e. The minimum Gasteiger partial charge on any atom is -0.357 e. The minimum atomic E-state index is -4.26. The monoisotopic (exact) mass is 305 g/mol. The van der Waals surface area contributed by atoms with Crippen molar-refractivity contribution in [2.45, 2.75) is 12.6 Å². The van der Waals surface area contributed by atoms with Gasteiger partial charge in [0.05, 0.1) is 17.5 Å². The van der Waals surface area contributed by atoms with Gasteiger partial charge in [0.15, 0.2) is 6.29 Å². The molecule has 1 aromatic heterocycles. The molecule has 1 N–H and O–H groups in total. The number of carbonyl (C=O) groups is 1. The SMILES string of the molecule is O=Cc1c(Br)ccc2cc(CC(F)(F)F)[nH]c12. The number of rotatable bonds is 2. The van der Waals surface area contributed by atoms with E-state index in [9.17, 15) is 18.0 Å². The van der Waals surface area contributed by atoms with Crippen LogP contribution in [0.1, 0.15) is 16.1 Å². The van der Waals surface area contributed by atoms with Crippen molar-refractivity contribution in [3.05, 3.63) is 33.9 Å². The maximum absolute atomic E-state index is 12.2. The first kappa shape index (κ1) is 12.2. The number of nitrogens with one attached hydrogen (secondary N) is 1. The van der Waals surface area contributed by atoms with Crippen LogP contribution in [0.3, 0.4) is 0 Å². The highest BCUT2D eigenvalue weighted by molar-refractivity contribution is 9.10. The van der Waals surface area contributed by atoms with Crippen molar-refractivity contribution >= 4 is 33.1 Å². The zero-order valence-corrected chi connectivity index (χ0v) is 10.0. The Labute approximate surface area is 103 Å². The third-order valence-corrected chi connectivity index (χ3v) is 3.04. The average molecular weight is 306 g/mol. The van der Waals surface area contributed by atoms with E-state index in [4.69, 9.17) is 0 Å². The van der Waals surface area contributed by atoms with Gasteiger partial charge in [-0.1, -0.05) is 6.07 Å². The molecule has 0 saturated carbocycles. The molecule has 0 amide bonds. The van der Waals surface area contributed by atoms with Crippen molar-refractivity contribution in [2.24, 2.45) is 0 Å². The zero-order valence-electron chi connectivity index (χ0n) is 8.44. The van der Waals surface area contributed by atoms with Crippen LogP contribution in [0, 0.1) is 0 Å². The molecule has 0 bridgehead atoms. The Hall–Kier alpha value is -1.30. The van der Waals surface area contributed by atoms with Crippen molar-refractivity contribution in [1.29, 1.82) is 0 Å². The van der Waals surface area contributed by atoms with Gasteiger partial charge in [0.1, 0.15) is 0 Å². The summed E-state index contributed by atoms with van der Waals surface area (Å²) in [5.41, 5.74) is 0.804. The molecule has 1 aromatic carbocycles. The van der Waals surface area contributed by atoms with Gasteiger partial charge in [-0.05, 0) is 28.1 Å². The Bertz CT molecular complexity index is 574. The minimum absolute atomic E-state index is 0.0497. The second kappa shape index (κ2) is 4.18. The van der Waals surface area contributed by atoms with Crippen molar-refractivity contribution in [3.63, 3.8) is 0 Å². The molecule has 6 heteroatoms. The molecular weight excluding hydrogens is 299 g/mol. The number of H-pyrrole nitrogens is 1.